The van der Waals surface area contributed by atoms with E-state index < -0.39 is 31.3 Å². The molecule has 0 saturated heterocycles. The summed E-state index contributed by atoms with van der Waals surface area (Å²) in [5.74, 6) is -0.289. The molecule has 0 fully saturated rings. The third kappa shape index (κ3) is 3.87. The van der Waals surface area contributed by atoms with Gasteiger partial charge >= 0.3 is 0 Å². The minimum Gasteiger partial charge on any atom is -0.497 e. The predicted molar refractivity (Wildman–Crippen MR) is 84.8 cm³/mol. The number of nitro groups is 1. The van der Waals surface area contributed by atoms with Crippen LogP contribution in [0.5, 0.6) is 5.75 Å². The van der Waals surface area contributed by atoms with E-state index in [1.54, 1.807) is 13.0 Å². The molecular weight excluding hydrogens is 339 g/mol. The van der Waals surface area contributed by atoms with Crippen molar-refractivity contribution in [2.45, 2.75) is 18.4 Å². The summed E-state index contributed by atoms with van der Waals surface area (Å²) in [7, 11) is -2.83. The molecule has 2 aromatic rings. The number of hydrogen-bond acceptors (Lipinski definition) is 5. The van der Waals surface area contributed by atoms with Crippen LogP contribution in [0.2, 0.25) is 0 Å². The van der Waals surface area contributed by atoms with Crippen LogP contribution in [-0.4, -0.2) is 20.5 Å². The Morgan fingerprint density at radius 1 is 1.25 bits per heavy atom. The number of hydrogen-bond donors (Lipinski definition) is 1. The second-order valence-electron chi connectivity index (χ2n) is 5.00. The number of methoxy groups -OCH3 is 1. The molecule has 0 unspecified atom stereocenters. The van der Waals surface area contributed by atoms with Gasteiger partial charge in [-0.3, -0.25) is 10.1 Å². The first kappa shape index (κ1) is 17.8. The first-order valence-electron chi connectivity index (χ1n) is 6.81. The minimum absolute atomic E-state index is 0.168. The second-order valence-corrected chi connectivity index (χ2v) is 6.73. The van der Waals surface area contributed by atoms with Crippen LogP contribution in [0.1, 0.15) is 11.1 Å². The summed E-state index contributed by atoms with van der Waals surface area (Å²) in [4.78, 5) is 9.81. The Hall–Kier alpha value is -2.52. The number of rotatable bonds is 6. The maximum atomic E-state index is 13.5. The first-order valence-corrected chi connectivity index (χ1v) is 8.30. The van der Waals surface area contributed by atoms with Crippen LogP contribution in [0, 0.1) is 22.9 Å². The average Bonchev–Trinajstić information content (AvgIpc) is 2.55. The van der Waals surface area contributed by atoms with Crippen LogP contribution in [0.25, 0.3) is 0 Å². The third-order valence-corrected chi connectivity index (χ3v) is 4.80. The predicted octanol–water partition coefficient (Wildman–Crippen LogP) is 2.53. The largest absolute Gasteiger partial charge is 0.497 e. The number of nitrogens with zero attached hydrogens (tertiary/aromatic N) is 1. The zero-order valence-corrected chi connectivity index (χ0v) is 13.8. The van der Waals surface area contributed by atoms with Crippen molar-refractivity contribution < 1.29 is 22.5 Å². The lowest BCUT2D eigenvalue weighted by atomic mass is 10.1. The molecule has 0 spiro atoms. The molecule has 0 radical (unpaired) electrons. The molecule has 0 saturated carbocycles. The lowest BCUT2D eigenvalue weighted by Gasteiger charge is -2.09. The first-order chi connectivity index (χ1) is 11.2. The topological polar surface area (TPSA) is 98.5 Å². The highest BCUT2D eigenvalue weighted by Gasteiger charge is 2.26. The van der Waals surface area contributed by atoms with Gasteiger partial charge in [0.25, 0.3) is 5.69 Å². The van der Waals surface area contributed by atoms with Crippen molar-refractivity contribution >= 4 is 15.7 Å². The van der Waals surface area contributed by atoms with Crippen molar-refractivity contribution in [1.82, 2.24) is 4.72 Å². The van der Waals surface area contributed by atoms with Crippen LogP contribution in [0.15, 0.2) is 41.3 Å². The molecule has 0 amide bonds. The Bertz CT molecular complexity index is 883. The zero-order chi connectivity index (χ0) is 17.9. The molecular formula is C15H15FN2O5S. The third-order valence-electron chi connectivity index (χ3n) is 3.35. The fourth-order valence-corrected chi connectivity index (χ4v) is 3.16. The quantitative estimate of drug-likeness (QED) is 0.635. The van der Waals surface area contributed by atoms with Crippen LogP contribution in [0.4, 0.5) is 10.1 Å². The molecule has 0 aliphatic heterocycles. The molecule has 0 heterocycles. The summed E-state index contributed by atoms with van der Waals surface area (Å²) in [6.45, 7) is 1.40. The van der Waals surface area contributed by atoms with Crippen molar-refractivity contribution in [2.24, 2.45) is 0 Å². The van der Waals surface area contributed by atoms with Gasteiger partial charge in [-0.15, -0.1) is 0 Å². The lowest BCUT2D eigenvalue weighted by Crippen LogP contribution is -2.24. The highest BCUT2D eigenvalue weighted by atomic mass is 32.2. The molecule has 24 heavy (non-hydrogen) atoms. The molecule has 0 bridgehead atoms. The molecule has 9 heteroatoms. The lowest BCUT2D eigenvalue weighted by molar-refractivity contribution is -0.387. The van der Waals surface area contributed by atoms with E-state index >= 15 is 0 Å². The van der Waals surface area contributed by atoms with Crippen molar-refractivity contribution in [3.05, 3.63) is 63.5 Å². The molecule has 0 aromatic heterocycles. The summed E-state index contributed by atoms with van der Waals surface area (Å²) in [5, 5.41) is 11.1. The van der Waals surface area contributed by atoms with Crippen molar-refractivity contribution in [1.29, 1.82) is 0 Å². The Balaban J connectivity index is 2.30. The van der Waals surface area contributed by atoms with Crippen LogP contribution in [-0.2, 0) is 16.6 Å². The maximum Gasteiger partial charge on any atom is 0.293 e. The second kappa shape index (κ2) is 6.93. The van der Waals surface area contributed by atoms with E-state index in [4.69, 9.17) is 4.74 Å². The molecule has 2 aromatic carbocycles. The molecule has 0 aliphatic carbocycles. The van der Waals surface area contributed by atoms with Crippen LogP contribution in [0.3, 0.4) is 0 Å². The van der Waals surface area contributed by atoms with Gasteiger partial charge in [0.15, 0.2) is 4.90 Å². The Kier molecular flexibility index (Phi) is 5.15. The van der Waals surface area contributed by atoms with Gasteiger partial charge in [0.1, 0.15) is 11.6 Å². The van der Waals surface area contributed by atoms with Gasteiger partial charge in [0, 0.05) is 6.54 Å². The zero-order valence-electron chi connectivity index (χ0n) is 12.9. The molecule has 0 aliphatic rings. The van der Waals surface area contributed by atoms with Crippen LogP contribution < -0.4 is 9.46 Å². The van der Waals surface area contributed by atoms with E-state index in [0.29, 0.717) is 11.1 Å². The smallest absolute Gasteiger partial charge is 0.293 e. The van der Waals surface area contributed by atoms with Gasteiger partial charge in [-0.1, -0.05) is 12.1 Å². The Morgan fingerprint density at radius 2 is 1.96 bits per heavy atom. The SMILES string of the molecule is COc1ccc(S(=O)(=O)NCc2ccc(C)c(F)c2)c([N+](=O)[O-])c1. The van der Waals surface area contributed by atoms with Gasteiger partial charge in [-0.2, -0.15) is 0 Å². The number of benzene rings is 2. The molecule has 2 rings (SSSR count). The number of nitrogens with one attached hydrogen (secondary N) is 1. The molecule has 128 valence electrons. The van der Waals surface area contributed by atoms with Gasteiger partial charge in [0.2, 0.25) is 10.0 Å². The standard InChI is InChI=1S/C15H15FN2O5S/c1-10-3-4-11(7-13(10)16)9-17-24(21,22)15-6-5-12(23-2)8-14(15)18(19)20/h3-8,17H,9H2,1-2H3. The van der Waals surface area contributed by atoms with Gasteiger partial charge in [-0.25, -0.2) is 17.5 Å². The van der Waals surface area contributed by atoms with Gasteiger partial charge < -0.3 is 4.74 Å². The Morgan fingerprint density at radius 3 is 2.54 bits per heavy atom. The highest BCUT2D eigenvalue weighted by molar-refractivity contribution is 7.89. The number of nitro benzene ring substituents is 1. The highest BCUT2D eigenvalue weighted by Crippen LogP contribution is 2.28. The van der Waals surface area contributed by atoms with Crippen LogP contribution >= 0.6 is 0 Å². The average molecular weight is 354 g/mol. The molecule has 1 N–H and O–H groups in total. The van der Waals surface area contributed by atoms with Crippen molar-refractivity contribution in [3.8, 4) is 5.75 Å². The normalized spacial score (nSPS) is 11.3. The van der Waals surface area contributed by atoms with Crippen molar-refractivity contribution in [2.75, 3.05) is 7.11 Å². The maximum absolute atomic E-state index is 13.5. The minimum atomic E-state index is -4.15. The monoisotopic (exact) mass is 354 g/mol. The van der Waals surface area contributed by atoms with E-state index in [2.05, 4.69) is 4.72 Å². The Labute approximate surface area is 138 Å². The number of ether oxygens (including phenoxy) is 1. The number of sulfonamides is 1. The summed E-state index contributed by atoms with van der Waals surface area (Å²) >= 11 is 0. The van der Waals surface area contributed by atoms with Gasteiger partial charge in [-0.05, 0) is 36.2 Å². The molecule has 7 nitrogen and oxygen atoms in total. The fraction of sp³-hybridized carbons (Fsp3) is 0.200. The molecule has 0 atom stereocenters. The van der Waals surface area contributed by atoms with E-state index in [0.717, 1.165) is 12.1 Å². The van der Waals surface area contributed by atoms with Crippen molar-refractivity contribution in [3.63, 3.8) is 0 Å². The van der Waals surface area contributed by atoms with E-state index in [9.17, 15) is 22.9 Å². The fourth-order valence-electron chi connectivity index (χ4n) is 2.00. The van der Waals surface area contributed by atoms with E-state index in [1.165, 1.54) is 25.3 Å². The van der Waals surface area contributed by atoms with Gasteiger partial charge in [0.05, 0.1) is 18.1 Å². The number of aryl methyl sites for hydroxylation is 1. The summed E-state index contributed by atoms with van der Waals surface area (Å²) in [6, 6.07) is 7.74. The van der Waals surface area contributed by atoms with E-state index in [-0.39, 0.29) is 12.3 Å². The summed E-state index contributed by atoms with van der Waals surface area (Å²) < 4.78 is 45.3. The number of halogens is 1. The van der Waals surface area contributed by atoms with E-state index in [1.807, 2.05) is 0 Å². The summed E-state index contributed by atoms with van der Waals surface area (Å²) in [5.41, 5.74) is 0.238. The summed E-state index contributed by atoms with van der Waals surface area (Å²) in [6.07, 6.45) is 0.